The van der Waals surface area contributed by atoms with Crippen molar-refractivity contribution in [3.8, 4) is 0 Å². The zero-order valence-electron chi connectivity index (χ0n) is 10.2. The molecule has 2 heteroatoms. The third kappa shape index (κ3) is 1.46. The van der Waals surface area contributed by atoms with Crippen LogP contribution in [0, 0.1) is 5.41 Å². The van der Waals surface area contributed by atoms with Crippen molar-refractivity contribution in [2.45, 2.75) is 64.3 Å². The van der Waals surface area contributed by atoms with Gasteiger partial charge < -0.3 is 9.84 Å². The molecule has 2 nitrogen and oxygen atoms in total. The maximum atomic E-state index is 9.33. The molecular weight excluding hydrogens is 188 g/mol. The summed E-state index contributed by atoms with van der Waals surface area (Å²) in [7, 11) is 0. The van der Waals surface area contributed by atoms with Gasteiger partial charge >= 0.3 is 0 Å². The molecule has 0 unspecified atom stereocenters. The molecule has 1 saturated heterocycles. The van der Waals surface area contributed by atoms with E-state index in [1.54, 1.807) is 6.92 Å². The summed E-state index contributed by atoms with van der Waals surface area (Å²) in [5.41, 5.74) is 0.0702. The van der Waals surface area contributed by atoms with Gasteiger partial charge in [0.1, 0.15) is 5.60 Å². The standard InChI is InChI=1S/C13H22O2/c1-10(14)6-9-13-11(2,3)7-5-8-12(13,4)15-13/h6,9-10,14H,5,7-8H2,1-4H3/t10-,12+,13-/m1/s1. The van der Waals surface area contributed by atoms with Gasteiger partial charge in [-0.25, -0.2) is 0 Å². The van der Waals surface area contributed by atoms with E-state index in [9.17, 15) is 5.11 Å². The Kier molecular flexibility index (Phi) is 2.29. The molecule has 1 aliphatic carbocycles. The lowest BCUT2D eigenvalue weighted by atomic mass is 9.64. The van der Waals surface area contributed by atoms with Gasteiger partial charge in [0.15, 0.2) is 0 Å². The SMILES string of the molecule is C[C@@H](O)C=C[C@]12O[C@@]1(C)CCCC2(C)C. The molecule has 2 fully saturated rings. The molecule has 0 bridgehead atoms. The van der Waals surface area contributed by atoms with Gasteiger partial charge in [0.05, 0.1) is 11.7 Å². The summed E-state index contributed by atoms with van der Waals surface area (Å²) < 4.78 is 6.02. The first kappa shape index (κ1) is 11.2. The minimum atomic E-state index is -0.384. The fraction of sp³-hybridized carbons (Fsp3) is 0.846. The lowest BCUT2D eigenvalue weighted by molar-refractivity contribution is 0.163. The zero-order valence-corrected chi connectivity index (χ0v) is 10.2. The number of aliphatic hydroxyl groups excluding tert-OH is 1. The average Bonchev–Trinajstić information content (AvgIpc) is 2.70. The van der Waals surface area contributed by atoms with Crippen LogP contribution < -0.4 is 0 Å². The van der Waals surface area contributed by atoms with Crippen molar-refractivity contribution in [1.29, 1.82) is 0 Å². The van der Waals surface area contributed by atoms with Crippen LogP contribution in [0.4, 0.5) is 0 Å². The molecule has 3 atom stereocenters. The van der Waals surface area contributed by atoms with E-state index in [1.807, 2.05) is 6.08 Å². The Morgan fingerprint density at radius 3 is 2.47 bits per heavy atom. The highest BCUT2D eigenvalue weighted by Crippen LogP contribution is 2.65. The van der Waals surface area contributed by atoms with Crippen LogP contribution in [0.15, 0.2) is 12.2 Å². The average molecular weight is 210 g/mol. The molecule has 2 rings (SSSR count). The fourth-order valence-electron chi connectivity index (χ4n) is 3.18. The van der Waals surface area contributed by atoms with Crippen molar-refractivity contribution in [1.82, 2.24) is 0 Å². The van der Waals surface area contributed by atoms with Gasteiger partial charge in [-0.1, -0.05) is 26.0 Å². The summed E-state index contributed by atoms with van der Waals surface area (Å²) >= 11 is 0. The van der Waals surface area contributed by atoms with E-state index in [-0.39, 0.29) is 22.7 Å². The number of hydrogen-bond acceptors (Lipinski definition) is 2. The number of hydrogen-bond donors (Lipinski definition) is 1. The van der Waals surface area contributed by atoms with Crippen LogP contribution in [0.1, 0.15) is 47.0 Å². The number of aliphatic hydroxyl groups is 1. The number of epoxide rings is 1. The highest BCUT2D eigenvalue weighted by molar-refractivity contribution is 5.31. The van der Waals surface area contributed by atoms with Crippen molar-refractivity contribution < 1.29 is 9.84 Å². The molecule has 1 N–H and O–H groups in total. The van der Waals surface area contributed by atoms with E-state index in [4.69, 9.17) is 4.74 Å². The van der Waals surface area contributed by atoms with Crippen molar-refractivity contribution in [3.63, 3.8) is 0 Å². The van der Waals surface area contributed by atoms with Crippen LogP contribution in [0.2, 0.25) is 0 Å². The van der Waals surface area contributed by atoms with Crippen LogP contribution >= 0.6 is 0 Å². The maximum Gasteiger partial charge on any atom is 0.121 e. The van der Waals surface area contributed by atoms with Gasteiger partial charge in [-0.05, 0) is 33.1 Å². The minimum absolute atomic E-state index is 0.0140. The van der Waals surface area contributed by atoms with Gasteiger partial charge in [-0.3, -0.25) is 0 Å². The highest BCUT2D eigenvalue weighted by atomic mass is 16.6. The fourth-order valence-corrected chi connectivity index (χ4v) is 3.18. The Morgan fingerprint density at radius 1 is 1.27 bits per heavy atom. The molecule has 0 aromatic carbocycles. The Bertz CT molecular complexity index is 293. The van der Waals surface area contributed by atoms with Gasteiger partial charge in [0, 0.05) is 5.41 Å². The summed E-state index contributed by atoms with van der Waals surface area (Å²) in [6, 6.07) is 0. The number of rotatable bonds is 2. The first-order chi connectivity index (χ1) is 6.83. The Morgan fingerprint density at radius 2 is 1.93 bits per heavy atom. The highest BCUT2D eigenvalue weighted by Gasteiger charge is 2.73. The van der Waals surface area contributed by atoms with Crippen LogP contribution in [-0.2, 0) is 4.74 Å². The Hall–Kier alpha value is -0.340. The molecule has 86 valence electrons. The first-order valence-electron chi connectivity index (χ1n) is 5.91. The molecule has 1 saturated carbocycles. The maximum absolute atomic E-state index is 9.33. The van der Waals surface area contributed by atoms with Crippen LogP contribution in [-0.4, -0.2) is 22.4 Å². The second-order valence-corrected chi connectivity index (χ2v) is 5.91. The van der Waals surface area contributed by atoms with Crippen LogP contribution in [0.5, 0.6) is 0 Å². The van der Waals surface area contributed by atoms with E-state index in [0.29, 0.717) is 0 Å². The molecule has 0 radical (unpaired) electrons. The quantitative estimate of drug-likeness (QED) is 0.561. The molecule has 1 aliphatic heterocycles. The van der Waals surface area contributed by atoms with E-state index in [1.165, 1.54) is 12.8 Å². The second-order valence-electron chi connectivity index (χ2n) is 5.91. The van der Waals surface area contributed by atoms with Gasteiger partial charge in [-0.15, -0.1) is 0 Å². The first-order valence-corrected chi connectivity index (χ1v) is 5.91. The molecular formula is C13H22O2. The minimum Gasteiger partial charge on any atom is -0.389 e. The van der Waals surface area contributed by atoms with Gasteiger partial charge in [-0.2, -0.15) is 0 Å². The number of ether oxygens (including phenoxy) is 1. The predicted molar refractivity (Wildman–Crippen MR) is 60.7 cm³/mol. The Balaban J connectivity index is 2.26. The van der Waals surface area contributed by atoms with Crippen LogP contribution in [0.25, 0.3) is 0 Å². The van der Waals surface area contributed by atoms with E-state index in [2.05, 4.69) is 26.8 Å². The van der Waals surface area contributed by atoms with Gasteiger partial charge in [0.25, 0.3) is 0 Å². The van der Waals surface area contributed by atoms with E-state index < -0.39 is 0 Å². The molecule has 15 heavy (non-hydrogen) atoms. The number of fused-ring (bicyclic) bond motifs is 1. The smallest absolute Gasteiger partial charge is 0.121 e. The summed E-state index contributed by atoms with van der Waals surface area (Å²) in [6.07, 6.45) is 7.15. The predicted octanol–water partition coefficient (Wildman–Crippen LogP) is 2.66. The molecule has 0 spiro atoms. The van der Waals surface area contributed by atoms with Crippen molar-refractivity contribution in [2.24, 2.45) is 5.41 Å². The summed E-state index contributed by atoms with van der Waals surface area (Å²) in [5, 5.41) is 9.33. The lowest BCUT2D eigenvalue weighted by Gasteiger charge is -2.36. The zero-order chi connectivity index (χ0) is 11.3. The molecule has 0 aromatic heterocycles. The van der Waals surface area contributed by atoms with Crippen LogP contribution in [0.3, 0.4) is 0 Å². The van der Waals surface area contributed by atoms with Gasteiger partial charge in [0.2, 0.25) is 0 Å². The van der Waals surface area contributed by atoms with E-state index >= 15 is 0 Å². The van der Waals surface area contributed by atoms with E-state index in [0.717, 1.165) is 6.42 Å². The molecule has 0 amide bonds. The summed E-state index contributed by atoms with van der Waals surface area (Å²) in [5.74, 6) is 0. The normalized spacial score (nSPS) is 45.1. The Labute approximate surface area is 92.3 Å². The third-order valence-electron chi connectivity index (χ3n) is 4.20. The topological polar surface area (TPSA) is 32.8 Å². The molecule has 2 aliphatic rings. The monoisotopic (exact) mass is 210 g/mol. The lowest BCUT2D eigenvalue weighted by Crippen LogP contribution is -2.41. The second kappa shape index (κ2) is 3.08. The summed E-state index contributed by atoms with van der Waals surface area (Å²) in [4.78, 5) is 0. The molecule has 1 heterocycles. The largest absolute Gasteiger partial charge is 0.389 e. The summed E-state index contributed by atoms with van der Waals surface area (Å²) in [6.45, 7) is 8.51. The third-order valence-corrected chi connectivity index (χ3v) is 4.20. The van der Waals surface area contributed by atoms with Crippen molar-refractivity contribution in [2.75, 3.05) is 0 Å². The molecule has 0 aromatic rings. The van der Waals surface area contributed by atoms with Crippen molar-refractivity contribution >= 4 is 0 Å². The van der Waals surface area contributed by atoms with Crippen molar-refractivity contribution in [3.05, 3.63) is 12.2 Å².